The zero-order valence-electron chi connectivity index (χ0n) is 15.0. The molecule has 1 aromatic heterocycles. The van der Waals surface area contributed by atoms with Crippen molar-refractivity contribution in [1.82, 2.24) is 19.4 Å². The van der Waals surface area contributed by atoms with Crippen molar-refractivity contribution in [3.8, 4) is 5.75 Å². The van der Waals surface area contributed by atoms with Crippen LogP contribution in [-0.4, -0.2) is 67.0 Å². The van der Waals surface area contributed by atoms with Crippen LogP contribution in [0.1, 0.15) is 21.7 Å². The number of carbonyl (C=O) groups excluding carboxylic acids is 1. The largest absolute Gasteiger partial charge is 0.497 e. The third kappa shape index (κ3) is 3.32. The maximum Gasteiger partial charge on any atom is 0.254 e. The molecule has 2 heterocycles. The molecule has 0 atom stereocenters. The number of nitrogens with zero attached hydrogens (tertiary/aromatic N) is 3. The van der Waals surface area contributed by atoms with Crippen molar-refractivity contribution < 1.29 is 17.9 Å². The molecule has 140 valence electrons. The summed E-state index contributed by atoms with van der Waals surface area (Å²) in [5.74, 6) is 0.486. The lowest BCUT2D eigenvalue weighted by Gasteiger charge is -2.34. The van der Waals surface area contributed by atoms with Gasteiger partial charge in [0.15, 0.2) is 0 Å². The molecule has 0 saturated carbocycles. The molecule has 0 aliphatic carbocycles. The number of H-pyrrole nitrogens is 1. The van der Waals surface area contributed by atoms with Crippen LogP contribution in [0.5, 0.6) is 5.75 Å². The molecule has 1 N–H and O–H groups in total. The zero-order valence-corrected chi connectivity index (χ0v) is 15.8. The summed E-state index contributed by atoms with van der Waals surface area (Å²) in [5.41, 5.74) is 1.51. The Hall–Kier alpha value is -2.39. The number of aromatic nitrogens is 2. The Kier molecular flexibility index (Phi) is 5.01. The second-order valence-corrected chi connectivity index (χ2v) is 8.07. The molecule has 1 aliphatic rings. The normalized spacial score (nSPS) is 15.9. The minimum Gasteiger partial charge on any atom is -0.497 e. The highest BCUT2D eigenvalue weighted by Crippen LogP contribution is 2.23. The Balaban J connectivity index is 1.72. The number of hydrogen-bond donors (Lipinski definition) is 1. The fourth-order valence-corrected chi connectivity index (χ4v) is 4.87. The second kappa shape index (κ2) is 7.08. The van der Waals surface area contributed by atoms with E-state index < -0.39 is 10.0 Å². The van der Waals surface area contributed by atoms with Crippen LogP contribution in [0.3, 0.4) is 0 Å². The molecule has 9 heteroatoms. The first-order chi connectivity index (χ1) is 12.3. The van der Waals surface area contributed by atoms with E-state index in [9.17, 15) is 13.2 Å². The molecule has 1 fully saturated rings. The SMILES string of the molecule is COc1cccc(C(=O)N2CCN(S(=O)(=O)c3c(C)n[nH]c3C)CC2)c1. The smallest absolute Gasteiger partial charge is 0.254 e. The molecule has 0 radical (unpaired) electrons. The Morgan fingerprint density at radius 1 is 1.19 bits per heavy atom. The molecule has 8 nitrogen and oxygen atoms in total. The van der Waals surface area contributed by atoms with E-state index in [0.29, 0.717) is 35.8 Å². The highest BCUT2D eigenvalue weighted by molar-refractivity contribution is 7.89. The van der Waals surface area contributed by atoms with E-state index in [-0.39, 0.29) is 23.9 Å². The van der Waals surface area contributed by atoms with Crippen LogP contribution < -0.4 is 4.74 Å². The van der Waals surface area contributed by atoms with Crippen LogP contribution in [0.4, 0.5) is 0 Å². The topological polar surface area (TPSA) is 95.6 Å². The Bertz CT molecular complexity index is 895. The molecule has 0 bridgehead atoms. The van der Waals surface area contributed by atoms with Crippen LogP contribution >= 0.6 is 0 Å². The summed E-state index contributed by atoms with van der Waals surface area (Å²) in [4.78, 5) is 14.5. The molecule has 2 aromatic rings. The van der Waals surface area contributed by atoms with E-state index >= 15 is 0 Å². The maximum atomic E-state index is 12.9. The van der Waals surface area contributed by atoms with E-state index in [2.05, 4.69) is 10.2 Å². The quantitative estimate of drug-likeness (QED) is 0.862. The van der Waals surface area contributed by atoms with E-state index in [4.69, 9.17) is 4.74 Å². The van der Waals surface area contributed by atoms with Gasteiger partial charge in [0, 0.05) is 31.7 Å². The number of nitrogens with one attached hydrogen (secondary N) is 1. The standard InChI is InChI=1S/C17H22N4O4S/c1-12-16(13(2)19-18-12)26(23,24)21-9-7-20(8-10-21)17(22)14-5-4-6-15(11-14)25-3/h4-6,11H,7-10H2,1-3H3,(H,18,19). The minimum atomic E-state index is -3.62. The third-order valence-electron chi connectivity index (χ3n) is 4.50. The van der Waals surface area contributed by atoms with Gasteiger partial charge in [0.05, 0.1) is 18.5 Å². The lowest BCUT2D eigenvalue weighted by Crippen LogP contribution is -2.50. The second-order valence-electron chi connectivity index (χ2n) is 6.19. The number of aryl methyl sites for hydroxylation is 2. The molecule has 1 saturated heterocycles. The van der Waals surface area contributed by atoms with Gasteiger partial charge in [-0.1, -0.05) is 6.07 Å². The molecule has 1 amide bonds. The number of amides is 1. The van der Waals surface area contributed by atoms with Gasteiger partial charge in [0.25, 0.3) is 5.91 Å². The van der Waals surface area contributed by atoms with Crippen molar-refractivity contribution in [1.29, 1.82) is 0 Å². The van der Waals surface area contributed by atoms with Gasteiger partial charge >= 0.3 is 0 Å². The van der Waals surface area contributed by atoms with Gasteiger partial charge in [-0.2, -0.15) is 9.40 Å². The monoisotopic (exact) mass is 378 g/mol. The van der Waals surface area contributed by atoms with Crippen molar-refractivity contribution in [2.75, 3.05) is 33.3 Å². The number of sulfonamides is 1. The summed E-state index contributed by atoms with van der Waals surface area (Å²) in [6, 6.07) is 6.95. The number of piperazine rings is 1. The van der Waals surface area contributed by atoms with Crippen LogP contribution in [0.2, 0.25) is 0 Å². The van der Waals surface area contributed by atoms with Crippen LogP contribution in [0.25, 0.3) is 0 Å². The van der Waals surface area contributed by atoms with E-state index in [0.717, 1.165) is 0 Å². The molecular formula is C17H22N4O4S. The van der Waals surface area contributed by atoms with Gasteiger partial charge in [-0.05, 0) is 32.0 Å². The molecule has 1 aromatic carbocycles. The molecule has 26 heavy (non-hydrogen) atoms. The average molecular weight is 378 g/mol. The molecular weight excluding hydrogens is 356 g/mol. The zero-order chi connectivity index (χ0) is 18.9. The molecule has 1 aliphatic heterocycles. The van der Waals surface area contributed by atoms with Gasteiger partial charge in [-0.15, -0.1) is 0 Å². The summed E-state index contributed by atoms with van der Waals surface area (Å²) in [7, 11) is -2.07. The van der Waals surface area contributed by atoms with Gasteiger partial charge in [-0.25, -0.2) is 8.42 Å². The fourth-order valence-electron chi connectivity index (χ4n) is 3.12. The number of hydrogen-bond acceptors (Lipinski definition) is 5. The first-order valence-corrected chi connectivity index (χ1v) is 9.73. The highest BCUT2D eigenvalue weighted by atomic mass is 32.2. The summed E-state index contributed by atoms with van der Waals surface area (Å²) in [5, 5.41) is 6.68. The maximum absolute atomic E-state index is 12.9. The van der Waals surface area contributed by atoms with E-state index in [1.54, 1.807) is 50.1 Å². The van der Waals surface area contributed by atoms with Crippen molar-refractivity contribution in [2.24, 2.45) is 0 Å². The van der Waals surface area contributed by atoms with Gasteiger partial charge in [-0.3, -0.25) is 9.89 Å². The first kappa shape index (κ1) is 18.4. The van der Waals surface area contributed by atoms with Gasteiger partial charge < -0.3 is 9.64 Å². The number of rotatable bonds is 4. The average Bonchev–Trinajstić information content (AvgIpc) is 3.00. The number of methoxy groups -OCH3 is 1. The summed E-state index contributed by atoms with van der Waals surface area (Å²) < 4.78 is 32.3. The fraction of sp³-hybridized carbons (Fsp3) is 0.412. The number of aromatic amines is 1. The van der Waals surface area contributed by atoms with E-state index in [1.165, 1.54) is 4.31 Å². The van der Waals surface area contributed by atoms with Crippen molar-refractivity contribution in [3.63, 3.8) is 0 Å². The predicted octanol–water partition coefficient (Wildman–Crippen LogP) is 1.18. The minimum absolute atomic E-state index is 0.128. The lowest BCUT2D eigenvalue weighted by molar-refractivity contribution is 0.0697. The van der Waals surface area contributed by atoms with E-state index in [1.807, 2.05) is 0 Å². The highest BCUT2D eigenvalue weighted by Gasteiger charge is 2.33. The van der Waals surface area contributed by atoms with Crippen LogP contribution in [-0.2, 0) is 10.0 Å². The number of ether oxygens (including phenoxy) is 1. The molecule has 0 spiro atoms. The Labute approximate surface area is 152 Å². The summed E-state index contributed by atoms with van der Waals surface area (Å²) >= 11 is 0. The van der Waals surface area contributed by atoms with Crippen LogP contribution in [0, 0.1) is 13.8 Å². The Morgan fingerprint density at radius 3 is 2.46 bits per heavy atom. The number of benzene rings is 1. The molecule has 3 rings (SSSR count). The van der Waals surface area contributed by atoms with Crippen molar-refractivity contribution >= 4 is 15.9 Å². The predicted molar refractivity (Wildman–Crippen MR) is 95.7 cm³/mol. The lowest BCUT2D eigenvalue weighted by atomic mass is 10.1. The molecule has 0 unspecified atom stereocenters. The van der Waals surface area contributed by atoms with Crippen molar-refractivity contribution in [2.45, 2.75) is 18.7 Å². The number of carbonyl (C=O) groups is 1. The summed E-state index contributed by atoms with van der Waals surface area (Å²) in [6.45, 7) is 4.54. The third-order valence-corrected chi connectivity index (χ3v) is 6.66. The van der Waals surface area contributed by atoms with Crippen molar-refractivity contribution in [3.05, 3.63) is 41.2 Å². The van der Waals surface area contributed by atoms with Crippen LogP contribution in [0.15, 0.2) is 29.2 Å². The van der Waals surface area contributed by atoms with Gasteiger partial charge in [0.1, 0.15) is 10.6 Å². The first-order valence-electron chi connectivity index (χ1n) is 8.29. The van der Waals surface area contributed by atoms with Gasteiger partial charge in [0.2, 0.25) is 10.0 Å². The Morgan fingerprint density at radius 2 is 1.88 bits per heavy atom. The summed E-state index contributed by atoms with van der Waals surface area (Å²) in [6.07, 6.45) is 0.